The van der Waals surface area contributed by atoms with E-state index >= 15 is 0 Å². The monoisotopic (exact) mass is 307 g/mol. The van der Waals surface area contributed by atoms with Crippen molar-refractivity contribution >= 4 is 11.3 Å². The van der Waals surface area contributed by atoms with Crippen LogP contribution in [0.25, 0.3) is 0 Å². The Morgan fingerprint density at radius 3 is 2.71 bits per heavy atom. The minimum Gasteiger partial charge on any atom is -0.395 e. The summed E-state index contributed by atoms with van der Waals surface area (Å²) in [5, 5.41) is 20.2. The SMILES string of the molecule is OCCC#Cc1ccsc1CN(CCO)C1CCCCC1. The summed E-state index contributed by atoms with van der Waals surface area (Å²) >= 11 is 1.74. The zero-order chi connectivity index (χ0) is 14.9. The molecule has 1 fully saturated rings. The Morgan fingerprint density at radius 2 is 2.00 bits per heavy atom. The van der Waals surface area contributed by atoms with E-state index in [0.717, 1.165) is 18.7 Å². The number of hydrogen-bond acceptors (Lipinski definition) is 4. The third kappa shape index (κ3) is 5.12. The second-order valence-electron chi connectivity index (χ2n) is 5.52. The van der Waals surface area contributed by atoms with Crippen molar-refractivity contribution < 1.29 is 10.2 Å². The molecule has 2 rings (SSSR count). The molecule has 0 radical (unpaired) electrons. The van der Waals surface area contributed by atoms with Crippen LogP contribution in [0, 0.1) is 11.8 Å². The fraction of sp³-hybridized carbons (Fsp3) is 0.647. The van der Waals surface area contributed by atoms with Crippen LogP contribution in [0.2, 0.25) is 0 Å². The fourth-order valence-electron chi connectivity index (χ4n) is 2.94. The normalized spacial score (nSPS) is 16.0. The van der Waals surface area contributed by atoms with Gasteiger partial charge in [-0.1, -0.05) is 31.1 Å². The Labute approximate surface area is 131 Å². The van der Waals surface area contributed by atoms with Crippen molar-refractivity contribution in [2.45, 2.75) is 51.1 Å². The first-order valence-electron chi connectivity index (χ1n) is 7.86. The van der Waals surface area contributed by atoms with Crippen LogP contribution in [0.4, 0.5) is 0 Å². The van der Waals surface area contributed by atoms with Gasteiger partial charge in [-0.3, -0.25) is 4.90 Å². The molecule has 0 spiro atoms. The summed E-state index contributed by atoms with van der Waals surface area (Å²) < 4.78 is 0. The molecule has 0 atom stereocenters. The third-order valence-corrected chi connectivity index (χ3v) is 4.94. The van der Waals surface area contributed by atoms with Crippen molar-refractivity contribution in [3.05, 3.63) is 21.9 Å². The number of thiophene rings is 1. The molecule has 4 heteroatoms. The van der Waals surface area contributed by atoms with Crippen molar-refractivity contribution in [2.75, 3.05) is 19.8 Å². The van der Waals surface area contributed by atoms with Crippen LogP contribution >= 0.6 is 11.3 Å². The Morgan fingerprint density at radius 1 is 1.19 bits per heavy atom. The van der Waals surface area contributed by atoms with Gasteiger partial charge >= 0.3 is 0 Å². The molecule has 1 aliphatic rings. The van der Waals surface area contributed by atoms with E-state index in [4.69, 9.17) is 5.11 Å². The Bertz CT molecular complexity index is 469. The summed E-state index contributed by atoms with van der Waals surface area (Å²) in [7, 11) is 0. The van der Waals surface area contributed by atoms with E-state index in [1.807, 2.05) is 0 Å². The summed E-state index contributed by atoms with van der Waals surface area (Å²) in [6.45, 7) is 1.96. The summed E-state index contributed by atoms with van der Waals surface area (Å²) in [5.41, 5.74) is 1.08. The van der Waals surface area contributed by atoms with Crippen LogP contribution in [0.3, 0.4) is 0 Å². The predicted octanol–water partition coefficient (Wildman–Crippen LogP) is 2.61. The number of aliphatic hydroxyl groups is 2. The average molecular weight is 307 g/mol. The second kappa shape index (κ2) is 9.22. The first-order chi connectivity index (χ1) is 10.3. The van der Waals surface area contributed by atoms with Gasteiger partial charge in [0, 0.05) is 36.0 Å². The molecule has 0 bridgehead atoms. The van der Waals surface area contributed by atoms with E-state index in [1.165, 1.54) is 37.0 Å². The number of aliphatic hydroxyl groups excluding tert-OH is 2. The number of rotatable bonds is 6. The van der Waals surface area contributed by atoms with Crippen molar-refractivity contribution in [3.63, 3.8) is 0 Å². The smallest absolute Gasteiger partial charge is 0.0558 e. The van der Waals surface area contributed by atoms with Crippen LogP contribution in [-0.4, -0.2) is 40.9 Å². The molecule has 0 unspecified atom stereocenters. The molecule has 0 aliphatic heterocycles. The highest BCUT2D eigenvalue weighted by Gasteiger charge is 2.21. The first kappa shape index (κ1) is 16.5. The summed E-state index contributed by atoms with van der Waals surface area (Å²) in [6, 6.07) is 2.66. The molecule has 1 heterocycles. The van der Waals surface area contributed by atoms with Gasteiger partial charge in [0.05, 0.1) is 13.2 Å². The zero-order valence-corrected chi connectivity index (χ0v) is 13.4. The van der Waals surface area contributed by atoms with Crippen molar-refractivity contribution in [1.82, 2.24) is 4.90 Å². The quantitative estimate of drug-likeness (QED) is 0.794. The van der Waals surface area contributed by atoms with Gasteiger partial charge in [-0.15, -0.1) is 11.3 Å². The van der Waals surface area contributed by atoms with Crippen LogP contribution in [-0.2, 0) is 6.54 Å². The number of hydrogen-bond donors (Lipinski definition) is 2. The summed E-state index contributed by atoms with van der Waals surface area (Å²) in [6.07, 6.45) is 6.98. The van der Waals surface area contributed by atoms with Crippen molar-refractivity contribution in [1.29, 1.82) is 0 Å². The Kier molecular flexibility index (Phi) is 7.25. The molecule has 21 heavy (non-hydrogen) atoms. The van der Waals surface area contributed by atoms with Gasteiger partial charge in [0.25, 0.3) is 0 Å². The van der Waals surface area contributed by atoms with E-state index in [2.05, 4.69) is 28.2 Å². The molecule has 1 aliphatic carbocycles. The molecule has 0 amide bonds. The summed E-state index contributed by atoms with van der Waals surface area (Å²) in [5.74, 6) is 6.16. The van der Waals surface area contributed by atoms with E-state index in [9.17, 15) is 5.11 Å². The van der Waals surface area contributed by atoms with E-state index in [1.54, 1.807) is 11.3 Å². The van der Waals surface area contributed by atoms with Gasteiger partial charge in [-0.2, -0.15) is 0 Å². The van der Waals surface area contributed by atoms with Crippen molar-refractivity contribution in [3.8, 4) is 11.8 Å². The van der Waals surface area contributed by atoms with Crippen LogP contribution < -0.4 is 0 Å². The van der Waals surface area contributed by atoms with Gasteiger partial charge in [-0.05, 0) is 24.3 Å². The van der Waals surface area contributed by atoms with Crippen LogP contribution in [0.5, 0.6) is 0 Å². The molecular weight excluding hydrogens is 282 g/mol. The molecular formula is C17H25NO2S. The van der Waals surface area contributed by atoms with Gasteiger partial charge in [0.2, 0.25) is 0 Å². The highest BCUT2D eigenvalue weighted by atomic mass is 32.1. The standard InChI is InChI=1S/C17H25NO2S/c19-11-5-4-6-15-9-13-21-17(15)14-18(10-12-20)16-7-2-1-3-8-16/h9,13,16,19-20H,1-3,5,7-8,10-12,14H2. The molecule has 2 N–H and O–H groups in total. The maximum atomic E-state index is 9.34. The average Bonchev–Trinajstić information content (AvgIpc) is 2.95. The molecule has 1 aromatic heterocycles. The van der Waals surface area contributed by atoms with E-state index < -0.39 is 0 Å². The predicted molar refractivity (Wildman–Crippen MR) is 87.3 cm³/mol. The maximum Gasteiger partial charge on any atom is 0.0558 e. The maximum absolute atomic E-state index is 9.34. The Hall–Kier alpha value is -0.860. The fourth-order valence-corrected chi connectivity index (χ4v) is 3.79. The third-order valence-electron chi connectivity index (χ3n) is 4.03. The van der Waals surface area contributed by atoms with Gasteiger partial charge < -0.3 is 10.2 Å². The van der Waals surface area contributed by atoms with Crippen LogP contribution in [0.1, 0.15) is 49.0 Å². The summed E-state index contributed by atoms with van der Waals surface area (Å²) in [4.78, 5) is 3.70. The minimum absolute atomic E-state index is 0.116. The number of nitrogens with zero attached hydrogens (tertiary/aromatic N) is 1. The second-order valence-corrected chi connectivity index (χ2v) is 6.52. The lowest BCUT2D eigenvalue weighted by Crippen LogP contribution is -2.38. The lowest BCUT2D eigenvalue weighted by atomic mass is 9.94. The first-order valence-corrected chi connectivity index (χ1v) is 8.74. The molecule has 0 aromatic carbocycles. The molecule has 1 aromatic rings. The van der Waals surface area contributed by atoms with Crippen molar-refractivity contribution in [2.24, 2.45) is 0 Å². The molecule has 116 valence electrons. The largest absolute Gasteiger partial charge is 0.395 e. The van der Waals surface area contributed by atoms with Gasteiger partial charge in [0.1, 0.15) is 0 Å². The zero-order valence-electron chi connectivity index (χ0n) is 12.6. The lowest BCUT2D eigenvalue weighted by Gasteiger charge is -2.33. The van der Waals surface area contributed by atoms with E-state index in [0.29, 0.717) is 12.5 Å². The highest BCUT2D eigenvalue weighted by molar-refractivity contribution is 7.10. The molecule has 1 saturated carbocycles. The lowest BCUT2D eigenvalue weighted by molar-refractivity contribution is 0.118. The van der Waals surface area contributed by atoms with Gasteiger partial charge in [-0.25, -0.2) is 0 Å². The molecule has 0 saturated heterocycles. The minimum atomic E-state index is 0.116. The Balaban J connectivity index is 2.03. The topological polar surface area (TPSA) is 43.7 Å². The molecule has 3 nitrogen and oxygen atoms in total. The van der Waals surface area contributed by atoms with Gasteiger partial charge in [0.15, 0.2) is 0 Å². The van der Waals surface area contributed by atoms with Crippen LogP contribution in [0.15, 0.2) is 11.4 Å². The van der Waals surface area contributed by atoms with E-state index in [-0.39, 0.29) is 13.2 Å². The highest BCUT2D eigenvalue weighted by Crippen LogP contribution is 2.26.